The minimum absolute atomic E-state index is 0.0902. The Morgan fingerprint density at radius 1 is 1.29 bits per heavy atom. The van der Waals surface area contributed by atoms with Gasteiger partial charge in [0.15, 0.2) is 0 Å². The monoisotopic (exact) mass is 250 g/mol. The molecule has 96 valence electrons. The van der Waals surface area contributed by atoms with Crippen LogP contribution in [-0.4, -0.2) is 25.5 Å². The Bertz CT molecular complexity index is 388. The number of alkyl halides is 3. The van der Waals surface area contributed by atoms with E-state index in [1.807, 2.05) is 0 Å². The molecule has 0 aliphatic carbocycles. The highest BCUT2D eigenvalue weighted by atomic mass is 19.4. The number of likely N-dealkylation sites (N-methyl/N-ethyl adjacent to an activating group) is 1. The lowest BCUT2D eigenvalue weighted by molar-refractivity contribution is -0.138. The van der Waals surface area contributed by atoms with Gasteiger partial charge in [0.05, 0.1) is 5.56 Å². The molecule has 0 aliphatic heterocycles. The van der Waals surface area contributed by atoms with Crippen LogP contribution in [-0.2, 0) is 6.18 Å². The molecule has 0 saturated heterocycles. The molecule has 1 atom stereocenters. The van der Waals surface area contributed by atoms with Crippen molar-refractivity contribution in [2.45, 2.75) is 12.2 Å². The van der Waals surface area contributed by atoms with Gasteiger partial charge < -0.3 is 10.6 Å². The summed E-state index contributed by atoms with van der Waals surface area (Å²) < 4.78 is 50.9. The molecule has 1 aromatic rings. The SMILES string of the molecule is CN(C)C[C@@H](N)c1ccc(F)cc1C(F)(F)F. The van der Waals surface area contributed by atoms with E-state index in [1.165, 1.54) is 0 Å². The summed E-state index contributed by atoms with van der Waals surface area (Å²) in [6.45, 7) is 0.259. The van der Waals surface area contributed by atoms with E-state index in [1.54, 1.807) is 19.0 Å². The quantitative estimate of drug-likeness (QED) is 0.835. The molecule has 0 saturated carbocycles. The van der Waals surface area contributed by atoms with Gasteiger partial charge in [-0.25, -0.2) is 4.39 Å². The van der Waals surface area contributed by atoms with Crippen molar-refractivity contribution in [1.82, 2.24) is 4.90 Å². The summed E-state index contributed by atoms with van der Waals surface area (Å²) in [5.41, 5.74) is 4.58. The van der Waals surface area contributed by atoms with Gasteiger partial charge in [0.25, 0.3) is 0 Å². The molecular weight excluding hydrogens is 236 g/mol. The number of halogens is 4. The van der Waals surface area contributed by atoms with Crippen LogP contribution in [0.25, 0.3) is 0 Å². The Kier molecular flexibility index (Phi) is 4.11. The molecule has 0 unspecified atom stereocenters. The summed E-state index contributed by atoms with van der Waals surface area (Å²) in [4.78, 5) is 1.67. The van der Waals surface area contributed by atoms with E-state index in [4.69, 9.17) is 5.73 Å². The molecule has 2 N–H and O–H groups in total. The van der Waals surface area contributed by atoms with Crippen molar-refractivity contribution in [3.8, 4) is 0 Å². The molecule has 0 radical (unpaired) electrons. The first-order valence-corrected chi connectivity index (χ1v) is 4.98. The second kappa shape index (κ2) is 5.01. The molecule has 0 aliphatic rings. The van der Waals surface area contributed by atoms with Crippen molar-refractivity contribution in [3.63, 3.8) is 0 Å². The minimum Gasteiger partial charge on any atom is -0.323 e. The minimum atomic E-state index is -4.60. The number of benzene rings is 1. The lowest BCUT2D eigenvalue weighted by Crippen LogP contribution is -2.28. The Balaban J connectivity index is 3.15. The van der Waals surface area contributed by atoms with Crippen molar-refractivity contribution in [2.24, 2.45) is 5.73 Å². The molecule has 6 heteroatoms. The fourth-order valence-electron chi connectivity index (χ4n) is 1.59. The standard InChI is InChI=1S/C11H14F4N2/c1-17(2)6-10(16)8-4-3-7(12)5-9(8)11(13,14)15/h3-5,10H,6,16H2,1-2H3/t10-/m1/s1. The summed E-state index contributed by atoms with van der Waals surface area (Å²) in [7, 11) is 3.41. The average Bonchev–Trinajstić information content (AvgIpc) is 2.14. The number of hydrogen-bond donors (Lipinski definition) is 1. The lowest BCUT2D eigenvalue weighted by Gasteiger charge is -2.21. The molecule has 0 bridgehead atoms. The number of nitrogens with zero attached hydrogens (tertiary/aromatic N) is 1. The molecular formula is C11H14F4N2. The maximum Gasteiger partial charge on any atom is 0.416 e. The van der Waals surface area contributed by atoms with Gasteiger partial charge in [-0.05, 0) is 31.8 Å². The lowest BCUT2D eigenvalue weighted by atomic mass is 10.00. The first kappa shape index (κ1) is 13.9. The van der Waals surface area contributed by atoms with Crippen molar-refractivity contribution in [1.29, 1.82) is 0 Å². The maximum absolute atomic E-state index is 12.9. The normalized spacial score (nSPS) is 14.1. The van der Waals surface area contributed by atoms with Crippen LogP contribution in [0.5, 0.6) is 0 Å². The molecule has 0 aromatic heterocycles. The zero-order chi connectivity index (χ0) is 13.2. The fourth-order valence-corrected chi connectivity index (χ4v) is 1.59. The predicted octanol–water partition coefficient (Wildman–Crippen LogP) is 2.41. The largest absolute Gasteiger partial charge is 0.416 e. The molecule has 0 heterocycles. The Morgan fingerprint density at radius 3 is 2.35 bits per heavy atom. The second-order valence-electron chi connectivity index (χ2n) is 4.10. The van der Waals surface area contributed by atoms with Gasteiger partial charge in [-0.1, -0.05) is 6.07 Å². The summed E-state index contributed by atoms with van der Waals surface area (Å²) in [6.07, 6.45) is -4.60. The molecule has 1 rings (SSSR count). The summed E-state index contributed by atoms with van der Waals surface area (Å²) in [5, 5.41) is 0. The molecule has 2 nitrogen and oxygen atoms in total. The Morgan fingerprint density at radius 2 is 1.88 bits per heavy atom. The van der Waals surface area contributed by atoms with Gasteiger partial charge in [-0.15, -0.1) is 0 Å². The maximum atomic E-state index is 12.9. The third-order valence-electron chi connectivity index (χ3n) is 2.28. The highest BCUT2D eigenvalue weighted by Crippen LogP contribution is 2.34. The van der Waals surface area contributed by atoms with E-state index >= 15 is 0 Å². The van der Waals surface area contributed by atoms with Gasteiger partial charge in [-0.3, -0.25) is 0 Å². The second-order valence-corrected chi connectivity index (χ2v) is 4.10. The summed E-state index contributed by atoms with van der Waals surface area (Å²) >= 11 is 0. The molecule has 1 aromatic carbocycles. The molecule has 0 amide bonds. The highest BCUT2D eigenvalue weighted by molar-refractivity contribution is 5.33. The van der Waals surface area contributed by atoms with Crippen LogP contribution in [0.3, 0.4) is 0 Å². The van der Waals surface area contributed by atoms with E-state index in [2.05, 4.69) is 0 Å². The van der Waals surface area contributed by atoms with E-state index in [0.717, 1.165) is 12.1 Å². The van der Waals surface area contributed by atoms with Crippen LogP contribution in [0, 0.1) is 5.82 Å². The zero-order valence-electron chi connectivity index (χ0n) is 9.55. The molecule has 0 fully saturated rings. The third-order valence-corrected chi connectivity index (χ3v) is 2.28. The summed E-state index contributed by atoms with van der Waals surface area (Å²) in [6, 6.07) is 1.75. The third kappa shape index (κ3) is 3.67. The Labute approximate surface area is 97.0 Å². The fraction of sp³-hybridized carbons (Fsp3) is 0.455. The van der Waals surface area contributed by atoms with E-state index in [-0.39, 0.29) is 12.1 Å². The van der Waals surface area contributed by atoms with Crippen LogP contribution < -0.4 is 5.73 Å². The van der Waals surface area contributed by atoms with Crippen molar-refractivity contribution in [2.75, 3.05) is 20.6 Å². The van der Waals surface area contributed by atoms with Gasteiger partial charge in [-0.2, -0.15) is 13.2 Å². The van der Waals surface area contributed by atoms with Gasteiger partial charge in [0.2, 0.25) is 0 Å². The molecule has 0 spiro atoms. The average molecular weight is 250 g/mol. The van der Waals surface area contributed by atoms with Crippen LogP contribution in [0.15, 0.2) is 18.2 Å². The van der Waals surface area contributed by atoms with Crippen molar-refractivity contribution < 1.29 is 17.6 Å². The first-order chi connectivity index (χ1) is 7.71. The number of rotatable bonds is 3. The van der Waals surface area contributed by atoms with Crippen molar-refractivity contribution >= 4 is 0 Å². The smallest absolute Gasteiger partial charge is 0.323 e. The van der Waals surface area contributed by atoms with Gasteiger partial charge in [0, 0.05) is 12.6 Å². The van der Waals surface area contributed by atoms with Gasteiger partial charge in [0.1, 0.15) is 5.82 Å². The zero-order valence-corrected chi connectivity index (χ0v) is 9.55. The Hall–Kier alpha value is -1.14. The van der Waals surface area contributed by atoms with Crippen LogP contribution >= 0.6 is 0 Å². The van der Waals surface area contributed by atoms with E-state index in [9.17, 15) is 17.6 Å². The predicted molar refractivity (Wildman–Crippen MR) is 56.9 cm³/mol. The van der Waals surface area contributed by atoms with Crippen LogP contribution in [0.2, 0.25) is 0 Å². The summed E-state index contributed by atoms with van der Waals surface area (Å²) in [5.74, 6) is -0.918. The van der Waals surface area contributed by atoms with Crippen molar-refractivity contribution in [3.05, 3.63) is 35.1 Å². The number of nitrogens with two attached hydrogens (primary N) is 1. The number of hydrogen-bond acceptors (Lipinski definition) is 2. The van der Waals surface area contributed by atoms with Crippen LogP contribution in [0.4, 0.5) is 17.6 Å². The molecule has 17 heavy (non-hydrogen) atoms. The van der Waals surface area contributed by atoms with Crippen LogP contribution in [0.1, 0.15) is 17.2 Å². The van der Waals surface area contributed by atoms with Gasteiger partial charge >= 0.3 is 6.18 Å². The topological polar surface area (TPSA) is 29.3 Å². The van der Waals surface area contributed by atoms with E-state index in [0.29, 0.717) is 6.07 Å². The first-order valence-electron chi connectivity index (χ1n) is 4.98. The van der Waals surface area contributed by atoms with E-state index < -0.39 is 23.6 Å². The highest BCUT2D eigenvalue weighted by Gasteiger charge is 2.35.